The van der Waals surface area contributed by atoms with E-state index in [4.69, 9.17) is 9.88 Å². The second kappa shape index (κ2) is 14.7. The predicted molar refractivity (Wildman–Crippen MR) is 130 cm³/mol. The summed E-state index contributed by atoms with van der Waals surface area (Å²) in [6.45, 7) is 2.43. The molecule has 1 aromatic heterocycles. The third kappa shape index (κ3) is 10.5. The maximum Gasteiger partial charge on any atom is 0.247 e. The van der Waals surface area contributed by atoms with Gasteiger partial charge in [0.25, 0.3) is 0 Å². The predicted octanol–water partition coefficient (Wildman–Crippen LogP) is 2.82. The lowest BCUT2D eigenvalue weighted by atomic mass is 10.1. The van der Waals surface area contributed by atoms with Gasteiger partial charge in [0.1, 0.15) is 9.96 Å². The smallest absolute Gasteiger partial charge is 0.247 e. The Bertz CT molecular complexity index is 933. The van der Waals surface area contributed by atoms with E-state index in [9.17, 15) is 23.7 Å². The lowest BCUT2D eigenvalue weighted by molar-refractivity contribution is 0.126. The van der Waals surface area contributed by atoms with Gasteiger partial charge in [-0.25, -0.2) is 13.6 Å². The number of aryl methyl sites for hydroxylation is 1. The lowest BCUT2D eigenvalue weighted by Gasteiger charge is -2.14. The minimum Gasteiger partial charge on any atom is -0.508 e. The van der Waals surface area contributed by atoms with Gasteiger partial charge in [0.2, 0.25) is 10.0 Å². The van der Waals surface area contributed by atoms with Gasteiger partial charge < -0.3 is 25.4 Å². The van der Waals surface area contributed by atoms with Crippen molar-refractivity contribution in [3.05, 3.63) is 46.3 Å². The van der Waals surface area contributed by atoms with Crippen LogP contribution in [0.3, 0.4) is 0 Å². The van der Waals surface area contributed by atoms with Crippen LogP contribution in [0, 0.1) is 0 Å². The first-order valence-electron chi connectivity index (χ1n) is 11.3. The summed E-state index contributed by atoms with van der Waals surface area (Å²) in [6, 6.07) is 6.42. The van der Waals surface area contributed by atoms with Crippen LogP contribution in [0.15, 0.2) is 33.9 Å². The van der Waals surface area contributed by atoms with E-state index < -0.39 is 16.1 Å². The fourth-order valence-corrected chi connectivity index (χ4v) is 5.04. The number of aliphatic hydroxyl groups excluding tert-OH is 2. The van der Waals surface area contributed by atoms with Crippen molar-refractivity contribution in [2.24, 2.45) is 5.14 Å². The zero-order valence-corrected chi connectivity index (χ0v) is 20.5. The molecule has 1 atom stereocenters. The Morgan fingerprint density at radius 1 is 1.06 bits per heavy atom. The molecule has 0 saturated carbocycles. The molecule has 0 aliphatic heterocycles. The minimum absolute atomic E-state index is 0.0321. The molecule has 2 rings (SSSR count). The van der Waals surface area contributed by atoms with Gasteiger partial charge >= 0.3 is 0 Å². The molecule has 2 aromatic rings. The SMILES string of the molecule is NS(=O)(=O)c1cc(CCCCOCCCCCCNCC(O)c2ccc(O)c(CO)c2)cs1. The van der Waals surface area contributed by atoms with Crippen LogP contribution in [0.25, 0.3) is 0 Å². The van der Waals surface area contributed by atoms with Gasteiger partial charge in [-0.3, -0.25) is 0 Å². The molecule has 0 amide bonds. The highest BCUT2D eigenvalue weighted by Crippen LogP contribution is 2.22. The summed E-state index contributed by atoms with van der Waals surface area (Å²) in [5.74, 6) is 0.0321. The van der Waals surface area contributed by atoms with Crippen LogP contribution in [-0.4, -0.2) is 50.0 Å². The van der Waals surface area contributed by atoms with E-state index in [1.165, 1.54) is 17.4 Å². The summed E-state index contributed by atoms with van der Waals surface area (Å²) in [6.07, 6.45) is 6.25. The molecule has 33 heavy (non-hydrogen) atoms. The van der Waals surface area contributed by atoms with Gasteiger partial charge in [0, 0.05) is 25.3 Å². The van der Waals surface area contributed by atoms with Crippen molar-refractivity contribution in [1.82, 2.24) is 5.32 Å². The van der Waals surface area contributed by atoms with E-state index in [-0.39, 0.29) is 16.6 Å². The molecule has 0 bridgehead atoms. The van der Waals surface area contributed by atoms with Crippen LogP contribution in [0.4, 0.5) is 0 Å². The van der Waals surface area contributed by atoms with Gasteiger partial charge in [-0.15, -0.1) is 11.3 Å². The molecule has 10 heteroatoms. The largest absolute Gasteiger partial charge is 0.508 e. The number of unbranched alkanes of at least 4 members (excludes halogenated alkanes) is 4. The molecule has 8 nitrogen and oxygen atoms in total. The number of aliphatic hydroxyl groups is 2. The fraction of sp³-hybridized carbons (Fsp3) is 0.565. The van der Waals surface area contributed by atoms with E-state index in [1.807, 2.05) is 5.38 Å². The summed E-state index contributed by atoms with van der Waals surface area (Å²) in [5.41, 5.74) is 2.09. The molecule has 0 spiro atoms. The highest BCUT2D eigenvalue weighted by atomic mass is 32.2. The Labute approximate surface area is 200 Å². The summed E-state index contributed by atoms with van der Waals surface area (Å²) in [5, 5.41) is 39.2. The Kier molecular flexibility index (Phi) is 12.3. The van der Waals surface area contributed by atoms with Crippen LogP contribution < -0.4 is 10.5 Å². The highest BCUT2D eigenvalue weighted by molar-refractivity contribution is 7.91. The number of aromatic hydroxyl groups is 1. The molecular formula is C23H36N2O6S2. The fourth-order valence-electron chi connectivity index (χ4n) is 3.37. The third-order valence-electron chi connectivity index (χ3n) is 5.30. The quantitative estimate of drug-likeness (QED) is 0.210. The number of thiophene rings is 1. The number of ether oxygens (including phenoxy) is 1. The topological polar surface area (TPSA) is 142 Å². The average molecular weight is 501 g/mol. The number of benzene rings is 1. The molecule has 1 aromatic carbocycles. The van der Waals surface area contributed by atoms with E-state index in [0.717, 1.165) is 63.7 Å². The minimum atomic E-state index is -3.59. The van der Waals surface area contributed by atoms with Crippen molar-refractivity contribution < 1.29 is 28.5 Å². The summed E-state index contributed by atoms with van der Waals surface area (Å²) < 4.78 is 28.4. The van der Waals surface area contributed by atoms with Gasteiger partial charge in [0.05, 0.1) is 12.7 Å². The van der Waals surface area contributed by atoms with E-state index >= 15 is 0 Å². The molecule has 0 aliphatic carbocycles. The maximum atomic E-state index is 11.3. The first-order valence-corrected chi connectivity index (χ1v) is 13.7. The van der Waals surface area contributed by atoms with Crippen LogP contribution in [0.2, 0.25) is 0 Å². The van der Waals surface area contributed by atoms with Crippen molar-refractivity contribution in [3.8, 4) is 5.75 Å². The van der Waals surface area contributed by atoms with Crippen molar-refractivity contribution in [3.63, 3.8) is 0 Å². The van der Waals surface area contributed by atoms with Gasteiger partial charge in [-0.05, 0) is 73.4 Å². The number of nitrogens with two attached hydrogens (primary N) is 1. The van der Waals surface area contributed by atoms with E-state index in [2.05, 4.69) is 5.32 Å². The normalized spacial score (nSPS) is 12.8. The molecule has 1 heterocycles. The number of phenols is 1. The second-order valence-corrected chi connectivity index (χ2v) is 10.8. The molecule has 1 unspecified atom stereocenters. The van der Waals surface area contributed by atoms with Gasteiger partial charge in [0.15, 0.2) is 0 Å². The number of nitrogens with one attached hydrogen (secondary N) is 1. The highest BCUT2D eigenvalue weighted by Gasteiger charge is 2.11. The number of rotatable bonds is 17. The van der Waals surface area contributed by atoms with E-state index in [1.54, 1.807) is 18.2 Å². The molecule has 0 aliphatic rings. The molecule has 0 fully saturated rings. The van der Waals surface area contributed by atoms with Crippen LogP contribution in [-0.2, 0) is 27.8 Å². The van der Waals surface area contributed by atoms with E-state index in [0.29, 0.717) is 24.3 Å². The number of sulfonamides is 1. The van der Waals surface area contributed by atoms with Crippen LogP contribution in [0.1, 0.15) is 61.3 Å². The van der Waals surface area contributed by atoms with Crippen LogP contribution in [0.5, 0.6) is 5.75 Å². The van der Waals surface area contributed by atoms with Crippen molar-refractivity contribution in [2.75, 3.05) is 26.3 Å². The first-order chi connectivity index (χ1) is 15.8. The van der Waals surface area contributed by atoms with Gasteiger partial charge in [-0.1, -0.05) is 18.9 Å². The number of hydrogen-bond acceptors (Lipinski definition) is 8. The molecule has 186 valence electrons. The average Bonchev–Trinajstić information content (AvgIpc) is 3.26. The molecule has 0 saturated heterocycles. The van der Waals surface area contributed by atoms with Crippen LogP contribution >= 0.6 is 11.3 Å². The summed E-state index contributed by atoms with van der Waals surface area (Å²) in [7, 11) is -3.59. The zero-order chi connectivity index (χ0) is 24.1. The Hall–Kier alpha value is -1.53. The van der Waals surface area contributed by atoms with Crippen molar-refractivity contribution in [2.45, 2.75) is 61.9 Å². The zero-order valence-electron chi connectivity index (χ0n) is 18.9. The Balaban J connectivity index is 1.41. The standard InChI is InChI=1S/C23H36N2O6S2/c24-33(29,30)23-13-18(17-32-23)7-3-6-12-31-11-5-2-1-4-10-25-15-22(28)19-8-9-21(27)20(14-19)16-26/h8-9,13-14,17,22,25-28H,1-7,10-12,15-16H2,(H2,24,29,30). The number of hydrogen-bond donors (Lipinski definition) is 5. The summed E-state index contributed by atoms with van der Waals surface area (Å²) >= 11 is 1.17. The molecule has 6 N–H and O–H groups in total. The van der Waals surface area contributed by atoms with Crippen molar-refractivity contribution in [1.29, 1.82) is 0 Å². The third-order valence-corrected chi connectivity index (χ3v) is 7.74. The molecular weight excluding hydrogens is 464 g/mol. The Morgan fingerprint density at radius 2 is 1.79 bits per heavy atom. The number of primary sulfonamides is 1. The van der Waals surface area contributed by atoms with Gasteiger partial charge in [-0.2, -0.15) is 0 Å². The summed E-state index contributed by atoms with van der Waals surface area (Å²) in [4.78, 5) is 0. The molecule has 0 radical (unpaired) electrons. The first kappa shape index (κ1) is 27.7. The Morgan fingerprint density at radius 3 is 2.48 bits per heavy atom. The second-order valence-electron chi connectivity index (χ2n) is 8.07. The van der Waals surface area contributed by atoms with Crippen molar-refractivity contribution >= 4 is 21.4 Å². The maximum absolute atomic E-state index is 11.3. The monoisotopic (exact) mass is 500 g/mol. The lowest BCUT2D eigenvalue weighted by Crippen LogP contribution is -2.22.